The molecule has 0 saturated heterocycles. The standard InChI is InChI=1S/C6H9/c1-6-4-2-3-5-6/h2-4H2,1H3. The zero-order valence-electron chi connectivity index (χ0n) is 4.12. The summed E-state index contributed by atoms with van der Waals surface area (Å²) in [6.45, 7) is 2.15. The molecule has 0 amide bonds. The second-order valence-corrected chi connectivity index (χ2v) is 1.81. The van der Waals surface area contributed by atoms with Gasteiger partial charge in [-0.15, -0.1) is 0 Å². The molecule has 0 bridgehead atoms. The Kier molecular flexibility index (Phi) is 0.952. The summed E-state index contributed by atoms with van der Waals surface area (Å²) < 4.78 is 0. The predicted molar refractivity (Wildman–Crippen MR) is 26.3 cm³/mol. The van der Waals surface area contributed by atoms with Gasteiger partial charge in [0.25, 0.3) is 0 Å². The van der Waals surface area contributed by atoms with Gasteiger partial charge in [-0.1, -0.05) is 5.57 Å². The summed E-state index contributed by atoms with van der Waals surface area (Å²) in [7, 11) is 0. The normalized spacial score (nSPS) is 21.2. The molecule has 0 fully saturated rings. The van der Waals surface area contributed by atoms with Gasteiger partial charge >= 0.3 is 0 Å². The van der Waals surface area contributed by atoms with E-state index in [1.54, 1.807) is 0 Å². The van der Waals surface area contributed by atoms with Crippen molar-refractivity contribution in [2.75, 3.05) is 0 Å². The molecule has 1 aliphatic rings. The SMILES string of the molecule is CC1=[C]CCC1. The zero-order valence-corrected chi connectivity index (χ0v) is 4.12. The Morgan fingerprint density at radius 3 is 2.67 bits per heavy atom. The third-order valence-corrected chi connectivity index (χ3v) is 1.16. The monoisotopic (exact) mass is 81.1 g/mol. The van der Waals surface area contributed by atoms with Crippen molar-refractivity contribution in [3.05, 3.63) is 11.6 Å². The minimum atomic E-state index is 1.20. The maximum atomic E-state index is 3.24. The maximum Gasteiger partial charge on any atom is -0.0274 e. The summed E-state index contributed by atoms with van der Waals surface area (Å²) in [5, 5.41) is 0. The maximum absolute atomic E-state index is 3.24. The fraction of sp³-hybridized carbons (Fsp3) is 0.667. The van der Waals surface area contributed by atoms with Crippen LogP contribution in [-0.2, 0) is 0 Å². The van der Waals surface area contributed by atoms with Crippen LogP contribution >= 0.6 is 0 Å². The Labute approximate surface area is 38.9 Å². The summed E-state index contributed by atoms with van der Waals surface area (Å²) in [6, 6.07) is 0. The highest BCUT2D eigenvalue weighted by molar-refractivity contribution is 4.97. The molecule has 1 aliphatic carbocycles. The Balaban J connectivity index is 2.45. The molecule has 0 heterocycles. The largest absolute Gasteiger partial charge is 0.0698 e. The van der Waals surface area contributed by atoms with E-state index in [0.717, 1.165) is 0 Å². The van der Waals surface area contributed by atoms with Crippen LogP contribution in [0.25, 0.3) is 0 Å². The Morgan fingerprint density at radius 1 is 1.67 bits per heavy atom. The van der Waals surface area contributed by atoms with Gasteiger partial charge < -0.3 is 0 Å². The van der Waals surface area contributed by atoms with E-state index in [1.165, 1.54) is 24.8 Å². The first kappa shape index (κ1) is 3.91. The molecule has 0 saturated carbocycles. The summed E-state index contributed by atoms with van der Waals surface area (Å²) in [5.74, 6) is 0. The molecule has 0 unspecified atom stereocenters. The zero-order chi connectivity index (χ0) is 4.41. The number of rotatable bonds is 0. The van der Waals surface area contributed by atoms with E-state index in [9.17, 15) is 0 Å². The second kappa shape index (κ2) is 1.46. The van der Waals surface area contributed by atoms with Crippen LogP contribution in [0.4, 0.5) is 0 Å². The summed E-state index contributed by atoms with van der Waals surface area (Å²) in [5.41, 5.74) is 1.45. The molecule has 0 atom stereocenters. The van der Waals surface area contributed by atoms with Gasteiger partial charge in [0.05, 0.1) is 0 Å². The summed E-state index contributed by atoms with van der Waals surface area (Å²) in [6.07, 6.45) is 7.07. The van der Waals surface area contributed by atoms with Crippen LogP contribution in [0.1, 0.15) is 26.2 Å². The van der Waals surface area contributed by atoms with Crippen LogP contribution in [-0.4, -0.2) is 0 Å². The lowest BCUT2D eigenvalue weighted by molar-refractivity contribution is 0.902. The molecule has 0 aromatic heterocycles. The van der Waals surface area contributed by atoms with Crippen molar-refractivity contribution in [1.29, 1.82) is 0 Å². The minimum absolute atomic E-state index is 1.20. The summed E-state index contributed by atoms with van der Waals surface area (Å²) >= 11 is 0. The van der Waals surface area contributed by atoms with Gasteiger partial charge in [-0.25, -0.2) is 0 Å². The predicted octanol–water partition coefficient (Wildman–Crippen LogP) is 1.92. The van der Waals surface area contributed by atoms with E-state index in [1.807, 2.05) is 0 Å². The highest BCUT2D eigenvalue weighted by Crippen LogP contribution is 2.14. The van der Waals surface area contributed by atoms with Crippen molar-refractivity contribution < 1.29 is 0 Å². The fourth-order valence-corrected chi connectivity index (χ4v) is 0.744. The van der Waals surface area contributed by atoms with E-state index >= 15 is 0 Å². The van der Waals surface area contributed by atoms with Gasteiger partial charge in [0.1, 0.15) is 0 Å². The van der Waals surface area contributed by atoms with Crippen LogP contribution in [0, 0.1) is 6.08 Å². The van der Waals surface area contributed by atoms with Gasteiger partial charge in [0.15, 0.2) is 0 Å². The smallest absolute Gasteiger partial charge is 0.0274 e. The van der Waals surface area contributed by atoms with Gasteiger partial charge in [0.2, 0.25) is 0 Å². The average Bonchev–Trinajstić information content (AvgIpc) is 1.86. The molecular formula is C6H9. The van der Waals surface area contributed by atoms with Gasteiger partial charge in [-0.3, -0.25) is 0 Å². The second-order valence-electron chi connectivity index (χ2n) is 1.81. The van der Waals surface area contributed by atoms with E-state index in [0.29, 0.717) is 0 Å². The lowest BCUT2D eigenvalue weighted by Crippen LogP contribution is -1.59. The Hall–Kier alpha value is -0.260. The highest BCUT2D eigenvalue weighted by Gasteiger charge is 1.95. The van der Waals surface area contributed by atoms with Crippen molar-refractivity contribution in [3.8, 4) is 0 Å². The molecule has 0 heteroatoms. The average molecular weight is 81.1 g/mol. The first-order valence-electron chi connectivity index (χ1n) is 2.46. The van der Waals surface area contributed by atoms with Crippen molar-refractivity contribution in [2.45, 2.75) is 26.2 Å². The van der Waals surface area contributed by atoms with Gasteiger partial charge in [-0.2, -0.15) is 0 Å². The van der Waals surface area contributed by atoms with Gasteiger partial charge in [0, 0.05) is 0 Å². The van der Waals surface area contributed by atoms with Crippen molar-refractivity contribution >= 4 is 0 Å². The molecule has 0 aromatic rings. The molecule has 0 spiro atoms. The molecule has 1 rings (SSSR count). The molecule has 33 valence electrons. The minimum Gasteiger partial charge on any atom is -0.0698 e. The van der Waals surface area contributed by atoms with Crippen molar-refractivity contribution in [2.24, 2.45) is 0 Å². The van der Waals surface area contributed by atoms with Crippen LogP contribution in [0.3, 0.4) is 0 Å². The van der Waals surface area contributed by atoms with Crippen LogP contribution in [0.2, 0.25) is 0 Å². The van der Waals surface area contributed by atoms with Crippen LogP contribution < -0.4 is 0 Å². The van der Waals surface area contributed by atoms with Crippen LogP contribution in [0.5, 0.6) is 0 Å². The van der Waals surface area contributed by atoms with E-state index in [2.05, 4.69) is 13.0 Å². The lowest BCUT2D eigenvalue weighted by atomic mass is 10.3. The molecule has 0 aromatic carbocycles. The molecule has 0 N–H and O–H groups in total. The van der Waals surface area contributed by atoms with Crippen molar-refractivity contribution in [1.82, 2.24) is 0 Å². The fourth-order valence-electron chi connectivity index (χ4n) is 0.744. The Morgan fingerprint density at radius 2 is 2.50 bits per heavy atom. The van der Waals surface area contributed by atoms with E-state index < -0.39 is 0 Å². The molecule has 1 radical (unpaired) electrons. The van der Waals surface area contributed by atoms with Crippen LogP contribution in [0.15, 0.2) is 5.57 Å². The van der Waals surface area contributed by atoms with E-state index in [4.69, 9.17) is 0 Å². The first-order chi connectivity index (χ1) is 2.89. The first-order valence-corrected chi connectivity index (χ1v) is 2.46. The topological polar surface area (TPSA) is 0 Å². The quantitative estimate of drug-likeness (QED) is 0.418. The highest BCUT2D eigenvalue weighted by atomic mass is 14.0. The van der Waals surface area contributed by atoms with E-state index in [-0.39, 0.29) is 0 Å². The third kappa shape index (κ3) is 0.618. The molecule has 0 nitrogen and oxygen atoms in total. The number of hydrogen-bond acceptors (Lipinski definition) is 0. The van der Waals surface area contributed by atoms with Crippen molar-refractivity contribution in [3.63, 3.8) is 0 Å². The Bertz CT molecular complexity index is 70.1. The molecule has 0 aliphatic heterocycles. The number of hydrogen-bond donors (Lipinski definition) is 0. The molecular weight excluding hydrogens is 72.1 g/mol. The summed E-state index contributed by atoms with van der Waals surface area (Å²) in [4.78, 5) is 0. The lowest BCUT2D eigenvalue weighted by Gasteiger charge is -1.79. The number of allylic oxidation sites excluding steroid dienone is 2. The third-order valence-electron chi connectivity index (χ3n) is 1.16. The molecule has 6 heavy (non-hydrogen) atoms. The van der Waals surface area contributed by atoms with Gasteiger partial charge in [-0.05, 0) is 32.3 Å².